The minimum atomic E-state index is -0.120. The van der Waals surface area contributed by atoms with Crippen molar-refractivity contribution in [3.63, 3.8) is 0 Å². The van der Waals surface area contributed by atoms with E-state index in [9.17, 15) is 9.59 Å². The molecular formula is C54H106O4. The summed E-state index contributed by atoms with van der Waals surface area (Å²) in [6.07, 6.45) is 57.1. The Balaban J connectivity index is 3.24. The van der Waals surface area contributed by atoms with Crippen molar-refractivity contribution in [3.05, 3.63) is 0 Å². The van der Waals surface area contributed by atoms with E-state index in [2.05, 4.69) is 27.7 Å². The zero-order chi connectivity index (χ0) is 42.3. The van der Waals surface area contributed by atoms with E-state index in [4.69, 9.17) is 9.47 Å². The van der Waals surface area contributed by atoms with Crippen LogP contribution in [0.2, 0.25) is 0 Å². The number of carbonyl (C=O) groups is 2. The Labute approximate surface area is 365 Å². The van der Waals surface area contributed by atoms with Crippen LogP contribution in [-0.4, -0.2) is 25.2 Å². The molecule has 58 heavy (non-hydrogen) atoms. The molecule has 0 amide bonds. The standard InChI is InChI=1S/C54H106O4/c1-51(2)45-39-35-31-27-23-19-15-11-7-5-9-13-17-21-25-29-33-37-43-49-57-53(55)47-41-42-48-54(56)58-50-44-38-34-30-26-22-18-14-10-6-8-12-16-20-24-28-32-36-40-46-52(3)4/h51-52H,5-50H2,1-4H3. The summed E-state index contributed by atoms with van der Waals surface area (Å²) in [6.45, 7) is 10.4. The van der Waals surface area contributed by atoms with Crippen molar-refractivity contribution in [3.8, 4) is 0 Å². The fourth-order valence-electron chi connectivity index (χ4n) is 8.37. The van der Waals surface area contributed by atoms with Crippen molar-refractivity contribution in [1.29, 1.82) is 0 Å². The second-order valence-corrected chi connectivity index (χ2v) is 19.4. The van der Waals surface area contributed by atoms with E-state index in [0.717, 1.165) is 37.5 Å². The molecular weight excluding hydrogens is 713 g/mol. The quantitative estimate of drug-likeness (QED) is 0.0453. The molecule has 0 aromatic heterocycles. The maximum absolute atomic E-state index is 12.1. The zero-order valence-corrected chi connectivity index (χ0v) is 40.3. The molecule has 0 heterocycles. The third-order valence-corrected chi connectivity index (χ3v) is 12.4. The Kier molecular flexibility index (Phi) is 47.7. The molecule has 0 aliphatic heterocycles. The van der Waals surface area contributed by atoms with Gasteiger partial charge in [-0.05, 0) is 37.5 Å². The summed E-state index contributed by atoms with van der Waals surface area (Å²) in [6, 6.07) is 0. The summed E-state index contributed by atoms with van der Waals surface area (Å²) in [7, 11) is 0. The average molecular weight is 819 g/mol. The largest absolute Gasteiger partial charge is 0.466 e. The van der Waals surface area contributed by atoms with Crippen LogP contribution in [0.1, 0.15) is 310 Å². The van der Waals surface area contributed by atoms with Gasteiger partial charge in [-0.15, -0.1) is 0 Å². The highest BCUT2D eigenvalue weighted by molar-refractivity contribution is 5.70. The Hall–Kier alpha value is -1.06. The van der Waals surface area contributed by atoms with Crippen molar-refractivity contribution in [2.75, 3.05) is 13.2 Å². The molecule has 0 bridgehead atoms. The van der Waals surface area contributed by atoms with Crippen molar-refractivity contribution >= 4 is 11.9 Å². The summed E-state index contributed by atoms with van der Waals surface area (Å²) in [5, 5.41) is 0. The third kappa shape index (κ3) is 51.1. The molecule has 4 heteroatoms. The van der Waals surface area contributed by atoms with E-state index in [1.54, 1.807) is 0 Å². The molecule has 0 saturated carbocycles. The zero-order valence-electron chi connectivity index (χ0n) is 40.3. The molecule has 0 unspecified atom stereocenters. The van der Waals surface area contributed by atoms with Gasteiger partial charge in [0.25, 0.3) is 0 Å². The minimum absolute atomic E-state index is 0.120. The maximum Gasteiger partial charge on any atom is 0.305 e. The lowest BCUT2D eigenvalue weighted by Crippen LogP contribution is -2.08. The first-order valence-electron chi connectivity index (χ1n) is 26.7. The summed E-state index contributed by atoms with van der Waals surface area (Å²) >= 11 is 0. The van der Waals surface area contributed by atoms with Crippen LogP contribution in [0, 0.1) is 11.8 Å². The summed E-state index contributed by atoms with van der Waals surface area (Å²) in [4.78, 5) is 24.1. The fraction of sp³-hybridized carbons (Fsp3) is 0.963. The van der Waals surface area contributed by atoms with Gasteiger partial charge < -0.3 is 9.47 Å². The Morgan fingerprint density at radius 1 is 0.259 bits per heavy atom. The molecule has 0 fully saturated rings. The van der Waals surface area contributed by atoms with Gasteiger partial charge in [-0.3, -0.25) is 9.59 Å². The van der Waals surface area contributed by atoms with Crippen molar-refractivity contribution in [2.24, 2.45) is 11.8 Å². The summed E-state index contributed by atoms with van der Waals surface area (Å²) < 4.78 is 10.8. The monoisotopic (exact) mass is 819 g/mol. The van der Waals surface area contributed by atoms with Gasteiger partial charge in [0.1, 0.15) is 0 Å². The van der Waals surface area contributed by atoms with Crippen molar-refractivity contribution < 1.29 is 19.1 Å². The first kappa shape index (κ1) is 56.9. The number of unbranched alkanes of at least 4 members (excludes halogenated alkanes) is 37. The summed E-state index contributed by atoms with van der Waals surface area (Å²) in [5.41, 5.74) is 0. The second kappa shape index (κ2) is 48.6. The maximum atomic E-state index is 12.1. The Morgan fingerprint density at radius 3 is 0.621 bits per heavy atom. The normalized spacial score (nSPS) is 11.6. The van der Waals surface area contributed by atoms with Gasteiger partial charge in [-0.1, -0.05) is 272 Å². The van der Waals surface area contributed by atoms with Crippen LogP contribution in [0.3, 0.4) is 0 Å². The van der Waals surface area contributed by atoms with Gasteiger partial charge in [-0.25, -0.2) is 0 Å². The van der Waals surface area contributed by atoms with Crippen LogP contribution >= 0.6 is 0 Å². The van der Waals surface area contributed by atoms with Crippen LogP contribution in [0.4, 0.5) is 0 Å². The fourth-order valence-corrected chi connectivity index (χ4v) is 8.37. The predicted molar refractivity (Wildman–Crippen MR) is 255 cm³/mol. The first-order valence-corrected chi connectivity index (χ1v) is 26.7. The number of hydrogen-bond donors (Lipinski definition) is 0. The molecule has 0 saturated heterocycles. The van der Waals surface area contributed by atoms with Gasteiger partial charge in [0, 0.05) is 12.8 Å². The van der Waals surface area contributed by atoms with Gasteiger partial charge in [0.2, 0.25) is 0 Å². The highest BCUT2D eigenvalue weighted by Crippen LogP contribution is 2.18. The molecule has 0 aromatic rings. The lowest BCUT2D eigenvalue weighted by molar-refractivity contribution is -0.146. The molecule has 0 spiro atoms. The predicted octanol–water partition coefficient (Wildman–Crippen LogP) is 18.5. The molecule has 346 valence electrons. The molecule has 4 nitrogen and oxygen atoms in total. The highest BCUT2D eigenvalue weighted by atomic mass is 16.5. The second-order valence-electron chi connectivity index (χ2n) is 19.4. The average Bonchev–Trinajstić information content (AvgIpc) is 3.20. The number of rotatable bonds is 49. The lowest BCUT2D eigenvalue weighted by Gasteiger charge is -2.06. The van der Waals surface area contributed by atoms with E-state index in [-0.39, 0.29) is 11.9 Å². The summed E-state index contributed by atoms with van der Waals surface area (Å²) in [5.74, 6) is 1.51. The van der Waals surface area contributed by atoms with Crippen molar-refractivity contribution in [2.45, 2.75) is 310 Å². The SMILES string of the molecule is CC(C)CCCCCCCCCCCCCCCCCCCCCOC(=O)CCCCC(=O)OCCCCCCCCCCCCCCCCCCCCCC(C)C. The lowest BCUT2D eigenvalue weighted by atomic mass is 10.0. The molecule has 0 atom stereocenters. The number of esters is 2. The Morgan fingerprint density at radius 2 is 0.431 bits per heavy atom. The van der Waals surface area contributed by atoms with Crippen LogP contribution < -0.4 is 0 Å². The minimum Gasteiger partial charge on any atom is -0.466 e. The van der Waals surface area contributed by atoms with Gasteiger partial charge >= 0.3 is 11.9 Å². The molecule has 0 aliphatic carbocycles. The number of hydrogen-bond acceptors (Lipinski definition) is 4. The van der Waals surface area contributed by atoms with E-state index >= 15 is 0 Å². The van der Waals surface area contributed by atoms with E-state index in [1.807, 2.05) is 0 Å². The molecule has 0 radical (unpaired) electrons. The van der Waals surface area contributed by atoms with E-state index in [0.29, 0.717) is 38.9 Å². The molecule has 0 aromatic carbocycles. The van der Waals surface area contributed by atoms with Crippen LogP contribution in [-0.2, 0) is 19.1 Å². The van der Waals surface area contributed by atoms with E-state index in [1.165, 1.54) is 231 Å². The molecule has 0 rings (SSSR count). The highest BCUT2D eigenvalue weighted by Gasteiger charge is 2.07. The van der Waals surface area contributed by atoms with Gasteiger partial charge in [0.05, 0.1) is 13.2 Å². The van der Waals surface area contributed by atoms with Gasteiger partial charge in [0.15, 0.2) is 0 Å². The number of carbonyl (C=O) groups excluding carboxylic acids is 2. The third-order valence-electron chi connectivity index (χ3n) is 12.4. The topological polar surface area (TPSA) is 52.6 Å². The Bertz CT molecular complexity index is 741. The molecule has 0 N–H and O–H groups in total. The smallest absolute Gasteiger partial charge is 0.305 e. The van der Waals surface area contributed by atoms with Crippen LogP contribution in [0.25, 0.3) is 0 Å². The van der Waals surface area contributed by atoms with E-state index < -0.39 is 0 Å². The van der Waals surface area contributed by atoms with Gasteiger partial charge in [-0.2, -0.15) is 0 Å². The first-order chi connectivity index (χ1) is 28.4. The number of ether oxygens (including phenoxy) is 2. The van der Waals surface area contributed by atoms with Crippen LogP contribution in [0.5, 0.6) is 0 Å². The molecule has 0 aliphatic rings. The van der Waals surface area contributed by atoms with Crippen LogP contribution in [0.15, 0.2) is 0 Å². The van der Waals surface area contributed by atoms with Crippen molar-refractivity contribution in [1.82, 2.24) is 0 Å².